The average molecular weight is 305 g/mol. The molecule has 0 spiro atoms. The van der Waals surface area contributed by atoms with Crippen LogP contribution in [0.25, 0.3) is 0 Å². The molecule has 0 aliphatic heterocycles. The van der Waals surface area contributed by atoms with E-state index in [-0.39, 0.29) is 6.61 Å². The molecular formula is C11H11BrClNO2. The third-order valence-electron chi connectivity index (χ3n) is 1.95. The van der Waals surface area contributed by atoms with E-state index in [1.807, 2.05) is 0 Å². The molecule has 0 heterocycles. The van der Waals surface area contributed by atoms with Crippen LogP contribution in [0, 0.1) is 11.3 Å². The molecule has 0 amide bonds. The standard InChI is InChI=1S/C11H11BrClNO2/c12-9-6-8(2-3-10(9)13)11(7-14)16-5-1-4-15/h2-3,6,11,15H,1,4-5H2. The number of halogens is 2. The van der Waals surface area contributed by atoms with Crippen LogP contribution in [-0.2, 0) is 4.74 Å². The summed E-state index contributed by atoms with van der Waals surface area (Å²) in [7, 11) is 0. The number of ether oxygens (including phenoxy) is 1. The Morgan fingerprint density at radius 3 is 2.88 bits per heavy atom. The number of hydrogen-bond donors (Lipinski definition) is 1. The van der Waals surface area contributed by atoms with Gasteiger partial charge in [-0.05, 0) is 40.0 Å². The molecular weight excluding hydrogens is 293 g/mol. The first-order chi connectivity index (χ1) is 7.69. The van der Waals surface area contributed by atoms with Gasteiger partial charge in [0.25, 0.3) is 0 Å². The third-order valence-corrected chi connectivity index (χ3v) is 3.16. The van der Waals surface area contributed by atoms with E-state index in [0.717, 1.165) is 10.0 Å². The van der Waals surface area contributed by atoms with Crippen molar-refractivity contribution >= 4 is 27.5 Å². The number of rotatable bonds is 5. The Morgan fingerprint density at radius 2 is 2.31 bits per heavy atom. The Balaban J connectivity index is 2.72. The van der Waals surface area contributed by atoms with Gasteiger partial charge in [0, 0.05) is 11.1 Å². The normalized spacial score (nSPS) is 12.1. The van der Waals surface area contributed by atoms with Crippen LogP contribution in [0.4, 0.5) is 0 Å². The maximum Gasteiger partial charge on any atom is 0.169 e. The molecule has 0 fully saturated rings. The van der Waals surface area contributed by atoms with Crippen LogP contribution < -0.4 is 0 Å². The van der Waals surface area contributed by atoms with Gasteiger partial charge in [0.2, 0.25) is 0 Å². The summed E-state index contributed by atoms with van der Waals surface area (Å²) in [5, 5.41) is 18.2. The summed E-state index contributed by atoms with van der Waals surface area (Å²) >= 11 is 9.14. The van der Waals surface area contributed by atoms with E-state index in [1.165, 1.54) is 0 Å². The number of nitriles is 1. The number of nitrogens with zero attached hydrogens (tertiary/aromatic N) is 1. The van der Waals surface area contributed by atoms with E-state index < -0.39 is 6.10 Å². The summed E-state index contributed by atoms with van der Waals surface area (Å²) in [4.78, 5) is 0. The lowest BCUT2D eigenvalue weighted by molar-refractivity contribution is 0.0773. The molecule has 1 aromatic rings. The second-order valence-corrected chi connectivity index (χ2v) is 4.39. The summed E-state index contributed by atoms with van der Waals surface area (Å²) in [5.74, 6) is 0. The van der Waals surface area contributed by atoms with Crippen LogP contribution in [0.3, 0.4) is 0 Å². The maximum atomic E-state index is 8.95. The van der Waals surface area contributed by atoms with Crippen LogP contribution >= 0.6 is 27.5 Å². The first kappa shape index (κ1) is 13.5. The maximum absolute atomic E-state index is 8.95. The van der Waals surface area contributed by atoms with Crippen molar-refractivity contribution in [1.82, 2.24) is 0 Å². The SMILES string of the molecule is N#CC(OCCCO)c1ccc(Cl)c(Br)c1. The summed E-state index contributed by atoms with van der Waals surface area (Å²) < 4.78 is 6.06. The molecule has 86 valence electrons. The van der Waals surface area contributed by atoms with Gasteiger partial charge in [-0.15, -0.1) is 0 Å². The van der Waals surface area contributed by atoms with Gasteiger partial charge in [-0.2, -0.15) is 5.26 Å². The van der Waals surface area contributed by atoms with E-state index >= 15 is 0 Å². The number of benzene rings is 1. The average Bonchev–Trinajstić information content (AvgIpc) is 2.29. The molecule has 0 radical (unpaired) electrons. The zero-order valence-electron chi connectivity index (χ0n) is 8.49. The van der Waals surface area contributed by atoms with Gasteiger partial charge in [0.1, 0.15) is 0 Å². The van der Waals surface area contributed by atoms with E-state index in [9.17, 15) is 0 Å². The van der Waals surface area contributed by atoms with E-state index in [4.69, 9.17) is 26.7 Å². The summed E-state index contributed by atoms with van der Waals surface area (Å²) in [5.41, 5.74) is 0.747. The molecule has 3 nitrogen and oxygen atoms in total. The van der Waals surface area contributed by atoms with Crippen molar-refractivity contribution in [3.63, 3.8) is 0 Å². The fraction of sp³-hybridized carbons (Fsp3) is 0.364. The zero-order valence-corrected chi connectivity index (χ0v) is 10.8. The molecule has 0 aromatic heterocycles. The van der Waals surface area contributed by atoms with Crippen molar-refractivity contribution in [3.05, 3.63) is 33.3 Å². The molecule has 1 N–H and O–H groups in total. The highest BCUT2D eigenvalue weighted by atomic mass is 79.9. The van der Waals surface area contributed by atoms with Crippen LogP contribution in [0.2, 0.25) is 5.02 Å². The third kappa shape index (κ3) is 3.76. The minimum Gasteiger partial charge on any atom is -0.396 e. The first-order valence-electron chi connectivity index (χ1n) is 4.76. The van der Waals surface area contributed by atoms with Gasteiger partial charge in [-0.1, -0.05) is 17.7 Å². The Labute approximate surface area is 108 Å². The topological polar surface area (TPSA) is 53.2 Å². The summed E-state index contributed by atoms with van der Waals surface area (Å²) in [6, 6.07) is 7.27. The second-order valence-electron chi connectivity index (χ2n) is 3.13. The lowest BCUT2D eigenvalue weighted by Gasteiger charge is -2.11. The van der Waals surface area contributed by atoms with Crippen LogP contribution in [-0.4, -0.2) is 18.3 Å². The van der Waals surface area contributed by atoms with Crippen LogP contribution in [0.1, 0.15) is 18.1 Å². The fourth-order valence-corrected chi connectivity index (χ4v) is 1.66. The molecule has 1 atom stereocenters. The molecule has 5 heteroatoms. The fourth-order valence-electron chi connectivity index (χ4n) is 1.15. The molecule has 0 bridgehead atoms. The predicted molar refractivity (Wildman–Crippen MR) is 65.2 cm³/mol. The summed E-state index contributed by atoms with van der Waals surface area (Å²) in [6.07, 6.45) is -0.104. The van der Waals surface area contributed by atoms with Gasteiger partial charge in [-0.25, -0.2) is 0 Å². The largest absolute Gasteiger partial charge is 0.396 e. The van der Waals surface area contributed by atoms with Crippen molar-refractivity contribution < 1.29 is 9.84 Å². The van der Waals surface area contributed by atoms with Crippen molar-refractivity contribution in [2.24, 2.45) is 0 Å². The van der Waals surface area contributed by atoms with E-state index in [0.29, 0.717) is 18.1 Å². The molecule has 0 aliphatic rings. The molecule has 0 aliphatic carbocycles. The first-order valence-corrected chi connectivity index (χ1v) is 5.93. The highest BCUT2D eigenvalue weighted by Crippen LogP contribution is 2.27. The van der Waals surface area contributed by atoms with Crippen molar-refractivity contribution in [2.45, 2.75) is 12.5 Å². The Hall–Kier alpha value is -0.600. The molecule has 16 heavy (non-hydrogen) atoms. The monoisotopic (exact) mass is 303 g/mol. The second kappa shape index (κ2) is 6.87. The van der Waals surface area contributed by atoms with Crippen molar-refractivity contribution in [1.29, 1.82) is 5.26 Å². The summed E-state index contributed by atoms with van der Waals surface area (Å²) in [6.45, 7) is 0.414. The molecule has 0 saturated carbocycles. The molecule has 0 saturated heterocycles. The number of aliphatic hydroxyl groups excluding tert-OH is 1. The smallest absolute Gasteiger partial charge is 0.169 e. The minimum absolute atomic E-state index is 0.0580. The lowest BCUT2D eigenvalue weighted by Crippen LogP contribution is -2.04. The van der Waals surface area contributed by atoms with Gasteiger partial charge in [0.15, 0.2) is 6.10 Å². The highest BCUT2D eigenvalue weighted by Gasteiger charge is 2.11. The van der Waals surface area contributed by atoms with Crippen molar-refractivity contribution in [3.8, 4) is 6.07 Å². The number of aliphatic hydroxyl groups is 1. The van der Waals surface area contributed by atoms with E-state index in [1.54, 1.807) is 18.2 Å². The Kier molecular flexibility index (Phi) is 5.78. The molecule has 1 unspecified atom stereocenters. The predicted octanol–water partition coefficient (Wildman–Crippen LogP) is 3.07. The Morgan fingerprint density at radius 1 is 1.56 bits per heavy atom. The molecule has 1 rings (SSSR count). The van der Waals surface area contributed by atoms with Crippen LogP contribution in [0.15, 0.2) is 22.7 Å². The van der Waals surface area contributed by atoms with Gasteiger partial charge >= 0.3 is 0 Å². The minimum atomic E-state index is -0.625. The Bertz CT molecular complexity index is 392. The van der Waals surface area contributed by atoms with Gasteiger partial charge in [-0.3, -0.25) is 0 Å². The van der Waals surface area contributed by atoms with Gasteiger partial charge < -0.3 is 9.84 Å². The lowest BCUT2D eigenvalue weighted by atomic mass is 10.1. The van der Waals surface area contributed by atoms with Crippen molar-refractivity contribution in [2.75, 3.05) is 13.2 Å². The highest BCUT2D eigenvalue weighted by molar-refractivity contribution is 9.10. The zero-order chi connectivity index (χ0) is 12.0. The number of hydrogen-bond acceptors (Lipinski definition) is 3. The van der Waals surface area contributed by atoms with Gasteiger partial charge in [0.05, 0.1) is 17.7 Å². The quantitative estimate of drug-likeness (QED) is 0.851. The molecule has 1 aromatic carbocycles. The van der Waals surface area contributed by atoms with E-state index in [2.05, 4.69) is 22.0 Å². The van der Waals surface area contributed by atoms with Crippen LogP contribution in [0.5, 0.6) is 0 Å².